The number of aromatic hydroxyl groups is 1. The van der Waals surface area contributed by atoms with Crippen LogP contribution in [0.4, 0.5) is 5.69 Å². The van der Waals surface area contributed by atoms with Crippen molar-refractivity contribution in [3.05, 3.63) is 53.9 Å². The minimum absolute atomic E-state index is 0.168. The number of rotatable bonds is 2. The minimum Gasteiger partial charge on any atom is -0.506 e. The van der Waals surface area contributed by atoms with E-state index in [1.54, 1.807) is 16.7 Å². The van der Waals surface area contributed by atoms with E-state index in [2.05, 4.69) is 4.98 Å². The molecule has 0 aliphatic carbocycles. The summed E-state index contributed by atoms with van der Waals surface area (Å²) in [5.74, 6) is 0.168. The van der Waals surface area contributed by atoms with E-state index < -0.39 is 5.66 Å². The number of quaternary nitrogens is 1. The number of aryl methyl sites for hydroxylation is 1. The molecule has 3 rings (SSSR count). The van der Waals surface area contributed by atoms with Crippen molar-refractivity contribution in [3.8, 4) is 5.75 Å². The summed E-state index contributed by atoms with van der Waals surface area (Å²) in [4.78, 5) is 4.49. The monoisotopic (exact) mass is 290 g/mol. The summed E-state index contributed by atoms with van der Waals surface area (Å²) in [6.45, 7) is 3.88. The number of pyridine rings is 1. The van der Waals surface area contributed by atoms with Crippen LogP contribution in [0.5, 0.6) is 5.75 Å². The third-order valence-corrected chi connectivity index (χ3v) is 4.87. The van der Waals surface area contributed by atoms with Gasteiger partial charge in [0.05, 0.1) is 7.05 Å². The highest BCUT2D eigenvalue weighted by Gasteiger charge is 2.78. The first-order valence-corrected chi connectivity index (χ1v) is 6.82. The van der Waals surface area contributed by atoms with E-state index in [-0.39, 0.29) is 5.75 Å². The second-order valence-electron chi connectivity index (χ2n) is 5.40. The molecule has 1 aromatic heterocycles. The van der Waals surface area contributed by atoms with Crippen molar-refractivity contribution in [1.82, 2.24) is 14.1 Å². The van der Waals surface area contributed by atoms with Gasteiger partial charge in [-0.05, 0) is 19.1 Å². The molecule has 1 aromatic carbocycles. The van der Waals surface area contributed by atoms with Gasteiger partial charge in [0.25, 0.3) is 5.66 Å². The van der Waals surface area contributed by atoms with Gasteiger partial charge in [0, 0.05) is 41.1 Å². The standard InChI is InChI=1S/C15H16ClN3O/c1-11-9-10-13(20)14(17-11)15(2)18(16)19(15,3)12-7-5-4-6-8-12/h4-10H,1-3H3/p+1. The topological polar surface area (TPSA) is 36.1 Å². The van der Waals surface area contributed by atoms with Crippen molar-refractivity contribution in [2.45, 2.75) is 19.5 Å². The van der Waals surface area contributed by atoms with E-state index >= 15 is 0 Å². The molecule has 3 unspecified atom stereocenters. The molecule has 0 bridgehead atoms. The first-order chi connectivity index (χ1) is 9.42. The fraction of sp³-hybridized carbons (Fsp3) is 0.267. The van der Waals surface area contributed by atoms with Crippen LogP contribution in [0.3, 0.4) is 0 Å². The minimum atomic E-state index is -0.584. The normalized spacial score (nSPS) is 32.1. The smallest absolute Gasteiger partial charge is 0.281 e. The number of halogens is 1. The first-order valence-electron chi connectivity index (χ1n) is 6.48. The lowest BCUT2D eigenvalue weighted by Gasteiger charge is -2.15. The third kappa shape index (κ3) is 1.53. The Balaban J connectivity index is 2.13. The third-order valence-electron chi connectivity index (χ3n) is 4.24. The second-order valence-corrected chi connectivity index (χ2v) is 5.72. The molecule has 1 aliphatic heterocycles. The van der Waals surface area contributed by atoms with Gasteiger partial charge in [-0.1, -0.05) is 18.2 Å². The van der Waals surface area contributed by atoms with Crippen LogP contribution in [0, 0.1) is 6.92 Å². The highest BCUT2D eigenvalue weighted by Crippen LogP contribution is 2.59. The second kappa shape index (κ2) is 4.19. The molecule has 5 heteroatoms. The SMILES string of the molecule is Cc1ccc(O)c(C2(C)N(Cl)[N+]2(C)c2ccccc2)n1. The van der Waals surface area contributed by atoms with Gasteiger partial charge in [-0.15, -0.1) is 0 Å². The zero-order valence-corrected chi connectivity index (χ0v) is 12.5. The number of hydrogen-bond acceptors (Lipinski definition) is 3. The van der Waals surface area contributed by atoms with Gasteiger partial charge in [0.15, 0.2) is 11.4 Å². The van der Waals surface area contributed by atoms with Gasteiger partial charge < -0.3 is 5.11 Å². The summed E-state index contributed by atoms with van der Waals surface area (Å²) >= 11 is 6.45. The van der Waals surface area contributed by atoms with Gasteiger partial charge in [0.2, 0.25) is 0 Å². The average molecular weight is 291 g/mol. The Labute approximate surface area is 123 Å². The summed E-state index contributed by atoms with van der Waals surface area (Å²) in [5.41, 5.74) is 1.92. The molecule has 1 saturated heterocycles. The van der Waals surface area contributed by atoms with Crippen molar-refractivity contribution < 1.29 is 5.11 Å². The lowest BCUT2D eigenvalue weighted by atomic mass is 10.1. The van der Waals surface area contributed by atoms with Crippen LogP contribution in [0.15, 0.2) is 42.5 Å². The maximum atomic E-state index is 10.1. The van der Waals surface area contributed by atoms with Gasteiger partial charge in [0.1, 0.15) is 5.75 Å². The molecule has 1 fully saturated rings. The van der Waals surface area contributed by atoms with Crippen molar-refractivity contribution in [2.24, 2.45) is 0 Å². The molecule has 0 amide bonds. The molecule has 2 aromatic rings. The molecule has 0 radical (unpaired) electrons. The van der Waals surface area contributed by atoms with Crippen molar-refractivity contribution in [1.29, 1.82) is 0 Å². The van der Waals surface area contributed by atoms with Crippen LogP contribution in [-0.2, 0) is 5.66 Å². The Bertz CT molecular complexity index is 663. The number of hydrogen-bond donors (Lipinski definition) is 1. The lowest BCUT2D eigenvalue weighted by Crippen LogP contribution is -2.30. The Morgan fingerprint density at radius 3 is 2.50 bits per heavy atom. The molecule has 0 saturated carbocycles. The number of aromatic nitrogens is 1. The molecule has 20 heavy (non-hydrogen) atoms. The maximum Gasteiger partial charge on any atom is 0.281 e. The Kier molecular flexibility index (Phi) is 2.80. The van der Waals surface area contributed by atoms with E-state index in [1.807, 2.05) is 51.2 Å². The highest BCUT2D eigenvalue weighted by atomic mass is 35.5. The van der Waals surface area contributed by atoms with Gasteiger partial charge in [-0.3, -0.25) is 0 Å². The number of nitrogens with zero attached hydrogens (tertiary/aromatic N) is 3. The lowest BCUT2D eigenvalue weighted by molar-refractivity contribution is 0.426. The predicted octanol–water partition coefficient (Wildman–Crippen LogP) is 3.29. The van der Waals surface area contributed by atoms with Crippen molar-refractivity contribution >= 4 is 17.5 Å². The van der Waals surface area contributed by atoms with Crippen LogP contribution in [0.1, 0.15) is 18.3 Å². The van der Waals surface area contributed by atoms with E-state index in [1.165, 1.54) is 0 Å². The van der Waals surface area contributed by atoms with Crippen LogP contribution in [0.25, 0.3) is 0 Å². The molecular formula is C15H17ClN3O+. The van der Waals surface area contributed by atoms with Crippen molar-refractivity contribution in [2.75, 3.05) is 7.05 Å². The fourth-order valence-electron chi connectivity index (χ4n) is 2.76. The summed E-state index contributed by atoms with van der Waals surface area (Å²) in [6, 6.07) is 13.4. The molecule has 4 nitrogen and oxygen atoms in total. The molecule has 104 valence electrons. The molecule has 2 heterocycles. The number of benzene rings is 1. The van der Waals surface area contributed by atoms with Crippen LogP contribution < -0.4 is 4.59 Å². The summed E-state index contributed by atoms with van der Waals surface area (Å²) in [7, 11) is 2.01. The Hall–Kier alpha value is -1.62. The summed E-state index contributed by atoms with van der Waals surface area (Å²) in [6.07, 6.45) is 0. The van der Waals surface area contributed by atoms with Gasteiger partial charge in [-0.25, -0.2) is 4.98 Å². The van der Waals surface area contributed by atoms with E-state index in [0.717, 1.165) is 11.4 Å². The van der Waals surface area contributed by atoms with E-state index in [0.29, 0.717) is 10.3 Å². The molecule has 1 N–H and O–H groups in total. The largest absolute Gasteiger partial charge is 0.506 e. The Morgan fingerprint density at radius 1 is 1.20 bits per heavy atom. The summed E-state index contributed by atoms with van der Waals surface area (Å²) in [5, 5.41) is 10.1. The van der Waals surface area contributed by atoms with E-state index in [9.17, 15) is 5.11 Å². The van der Waals surface area contributed by atoms with E-state index in [4.69, 9.17) is 11.8 Å². The first kappa shape index (κ1) is 13.4. The fourth-order valence-corrected chi connectivity index (χ4v) is 3.19. The quantitative estimate of drug-likeness (QED) is 0.524. The molecular weight excluding hydrogens is 274 g/mol. The summed E-state index contributed by atoms with van der Waals surface area (Å²) < 4.78 is 2.04. The van der Waals surface area contributed by atoms with Crippen molar-refractivity contribution in [3.63, 3.8) is 0 Å². The molecule has 3 atom stereocenters. The zero-order valence-electron chi connectivity index (χ0n) is 11.7. The van der Waals surface area contributed by atoms with Gasteiger partial charge in [-0.2, -0.15) is 4.59 Å². The zero-order chi connectivity index (χ0) is 14.5. The highest BCUT2D eigenvalue weighted by molar-refractivity contribution is 6.16. The average Bonchev–Trinajstić information content (AvgIpc) is 2.91. The maximum absolute atomic E-state index is 10.1. The van der Waals surface area contributed by atoms with Crippen LogP contribution in [0.2, 0.25) is 0 Å². The molecule has 1 aliphatic rings. The molecule has 0 spiro atoms. The van der Waals surface area contributed by atoms with Crippen LogP contribution in [-0.4, -0.2) is 21.7 Å². The van der Waals surface area contributed by atoms with Crippen LogP contribution >= 0.6 is 11.8 Å². The number of para-hydroxylation sites is 1. The predicted molar refractivity (Wildman–Crippen MR) is 79.8 cm³/mol. The Morgan fingerprint density at radius 2 is 1.85 bits per heavy atom. The van der Waals surface area contributed by atoms with Gasteiger partial charge >= 0.3 is 0 Å².